The fourth-order valence-corrected chi connectivity index (χ4v) is 1.08. The molecule has 3 heteroatoms. The average Bonchev–Trinajstić information content (AvgIpc) is 2.59. The van der Waals surface area contributed by atoms with Crippen molar-refractivity contribution in [2.75, 3.05) is 6.61 Å². The van der Waals surface area contributed by atoms with E-state index in [1.807, 2.05) is 27.1 Å². The van der Waals surface area contributed by atoms with Crippen molar-refractivity contribution in [3.05, 3.63) is 11.8 Å². The van der Waals surface area contributed by atoms with Gasteiger partial charge in [-0.15, -0.1) is 5.10 Å². The molecule has 14 heavy (non-hydrogen) atoms. The van der Waals surface area contributed by atoms with Crippen LogP contribution >= 0.6 is 0 Å². The molecule has 0 saturated carbocycles. The van der Waals surface area contributed by atoms with Crippen molar-refractivity contribution in [2.24, 2.45) is 7.05 Å². The van der Waals surface area contributed by atoms with Gasteiger partial charge in [-0.1, -0.05) is 27.7 Å². The van der Waals surface area contributed by atoms with Gasteiger partial charge in [0.05, 0.1) is 6.61 Å². The predicted molar refractivity (Wildman–Crippen MR) is 59.7 cm³/mol. The van der Waals surface area contributed by atoms with E-state index >= 15 is 0 Å². The lowest BCUT2D eigenvalue weighted by molar-refractivity contribution is 0.299. The summed E-state index contributed by atoms with van der Waals surface area (Å²) in [5.41, 5.74) is 1.19. The number of aromatic nitrogens is 2. The second kappa shape index (κ2) is 7.42. The molecule has 0 radical (unpaired) electrons. The third kappa shape index (κ3) is 3.81. The van der Waals surface area contributed by atoms with Crippen LogP contribution in [0.25, 0.3) is 0 Å². The lowest BCUT2D eigenvalue weighted by atomic mass is 10.3. The van der Waals surface area contributed by atoms with Gasteiger partial charge in [0, 0.05) is 18.8 Å². The molecule has 0 spiro atoms. The highest BCUT2D eigenvalue weighted by molar-refractivity contribution is 5.22. The van der Waals surface area contributed by atoms with Crippen LogP contribution in [0.3, 0.4) is 0 Å². The van der Waals surface area contributed by atoms with E-state index in [1.54, 1.807) is 4.68 Å². The summed E-state index contributed by atoms with van der Waals surface area (Å²) in [6.45, 7) is 8.95. The molecule has 0 atom stereocenters. The Morgan fingerprint density at radius 3 is 2.50 bits per heavy atom. The molecule has 0 fully saturated rings. The van der Waals surface area contributed by atoms with Gasteiger partial charge in [-0.2, -0.15) is 0 Å². The first-order chi connectivity index (χ1) is 6.77. The topological polar surface area (TPSA) is 27.1 Å². The maximum atomic E-state index is 5.47. The third-order valence-corrected chi connectivity index (χ3v) is 1.69. The highest BCUT2D eigenvalue weighted by atomic mass is 16.5. The predicted octanol–water partition coefficient (Wildman–Crippen LogP) is 2.80. The van der Waals surface area contributed by atoms with Crippen molar-refractivity contribution < 1.29 is 4.74 Å². The molecule has 3 nitrogen and oxygen atoms in total. The molecule has 1 rings (SSSR count). The van der Waals surface area contributed by atoms with E-state index in [4.69, 9.17) is 4.74 Å². The first kappa shape index (κ1) is 13.0. The normalized spacial score (nSPS) is 9.21. The van der Waals surface area contributed by atoms with Gasteiger partial charge in [0.15, 0.2) is 0 Å². The quantitative estimate of drug-likeness (QED) is 0.744. The van der Waals surface area contributed by atoms with Crippen LogP contribution in [0.15, 0.2) is 6.20 Å². The number of nitrogens with zero attached hydrogens (tertiary/aromatic N) is 2. The van der Waals surface area contributed by atoms with Gasteiger partial charge in [-0.25, -0.2) is 0 Å². The Hall–Kier alpha value is -0.990. The Bertz CT molecular complexity index is 243. The van der Waals surface area contributed by atoms with Crippen LogP contribution in [0, 0.1) is 0 Å². The lowest BCUT2D eigenvalue weighted by Gasteiger charge is -2.00. The first-order valence-electron chi connectivity index (χ1n) is 5.43. The summed E-state index contributed by atoms with van der Waals surface area (Å²) >= 11 is 0. The second-order valence-corrected chi connectivity index (χ2v) is 2.84. The summed E-state index contributed by atoms with van der Waals surface area (Å²) in [5.74, 6) is 0.793. The summed E-state index contributed by atoms with van der Waals surface area (Å²) in [7, 11) is 1.91. The highest BCUT2D eigenvalue weighted by Crippen LogP contribution is 2.15. The van der Waals surface area contributed by atoms with Gasteiger partial charge < -0.3 is 4.74 Å². The monoisotopic (exact) mass is 198 g/mol. The maximum Gasteiger partial charge on any atom is 0.235 e. The van der Waals surface area contributed by atoms with Crippen LogP contribution in [0.4, 0.5) is 0 Å². The molecule has 0 unspecified atom stereocenters. The molecule has 0 aliphatic carbocycles. The molecule has 0 aliphatic rings. The molecule has 82 valence electrons. The molecule has 0 saturated heterocycles. The minimum atomic E-state index is 0.754. The molecule has 0 N–H and O–H groups in total. The standard InChI is InChI=1S/C9H16N2O.C2H6/c1-4-6-12-9-8(5-2)7-11(3)10-9;1-2/h7H,4-6H2,1-3H3;1-2H3. The van der Waals surface area contributed by atoms with Gasteiger partial charge in [0.2, 0.25) is 5.88 Å². The van der Waals surface area contributed by atoms with E-state index in [0.29, 0.717) is 0 Å². The van der Waals surface area contributed by atoms with Crippen LogP contribution in [-0.2, 0) is 13.5 Å². The summed E-state index contributed by atoms with van der Waals surface area (Å²) in [5, 5.41) is 4.21. The van der Waals surface area contributed by atoms with Gasteiger partial charge in [0.1, 0.15) is 0 Å². The van der Waals surface area contributed by atoms with Gasteiger partial charge in [-0.3, -0.25) is 4.68 Å². The van der Waals surface area contributed by atoms with Crippen molar-refractivity contribution in [1.29, 1.82) is 0 Å². The summed E-state index contributed by atoms with van der Waals surface area (Å²) in [6, 6.07) is 0. The Labute approximate surface area is 87.1 Å². The zero-order valence-corrected chi connectivity index (χ0v) is 10.0. The van der Waals surface area contributed by atoms with Gasteiger partial charge in [0.25, 0.3) is 0 Å². The maximum absolute atomic E-state index is 5.47. The second-order valence-electron chi connectivity index (χ2n) is 2.84. The molecule has 0 aromatic carbocycles. The van der Waals surface area contributed by atoms with Crippen molar-refractivity contribution in [3.8, 4) is 5.88 Å². The van der Waals surface area contributed by atoms with E-state index in [-0.39, 0.29) is 0 Å². The Morgan fingerprint density at radius 1 is 1.36 bits per heavy atom. The molecule has 0 amide bonds. The molecule has 0 bridgehead atoms. The largest absolute Gasteiger partial charge is 0.476 e. The van der Waals surface area contributed by atoms with Crippen LogP contribution in [0.5, 0.6) is 5.88 Å². The average molecular weight is 198 g/mol. The SMILES string of the molecule is CC.CCCOc1nn(C)cc1CC. The van der Waals surface area contributed by atoms with Crippen molar-refractivity contribution in [1.82, 2.24) is 9.78 Å². The van der Waals surface area contributed by atoms with E-state index in [0.717, 1.165) is 25.3 Å². The van der Waals surface area contributed by atoms with Crippen LogP contribution in [0.2, 0.25) is 0 Å². The molecule has 1 aromatic heterocycles. The fraction of sp³-hybridized carbons (Fsp3) is 0.727. The summed E-state index contributed by atoms with van der Waals surface area (Å²) < 4.78 is 7.26. The molecular weight excluding hydrogens is 176 g/mol. The number of hydrogen-bond acceptors (Lipinski definition) is 2. The number of aryl methyl sites for hydroxylation is 2. The minimum Gasteiger partial charge on any atom is -0.476 e. The van der Waals surface area contributed by atoms with Crippen LogP contribution in [-0.4, -0.2) is 16.4 Å². The van der Waals surface area contributed by atoms with E-state index in [2.05, 4.69) is 18.9 Å². The molecular formula is C11H22N2O. The molecule has 0 aliphatic heterocycles. The highest BCUT2D eigenvalue weighted by Gasteiger charge is 2.05. The zero-order valence-electron chi connectivity index (χ0n) is 10.0. The zero-order chi connectivity index (χ0) is 11.0. The Kier molecular flexibility index (Phi) is 6.89. The number of hydrogen-bond donors (Lipinski definition) is 0. The van der Waals surface area contributed by atoms with Crippen LogP contribution in [0.1, 0.15) is 39.7 Å². The van der Waals surface area contributed by atoms with Gasteiger partial charge in [-0.05, 0) is 12.8 Å². The fourth-order valence-electron chi connectivity index (χ4n) is 1.08. The molecule has 1 aromatic rings. The van der Waals surface area contributed by atoms with Crippen molar-refractivity contribution in [2.45, 2.75) is 40.5 Å². The third-order valence-electron chi connectivity index (χ3n) is 1.69. The first-order valence-corrected chi connectivity index (χ1v) is 5.43. The van der Waals surface area contributed by atoms with E-state index < -0.39 is 0 Å². The van der Waals surface area contributed by atoms with Crippen LogP contribution < -0.4 is 4.74 Å². The van der Waals surface area contributed by atoms with E-state index in [9.17, 15) is 0 Å². The van der Waals surface area contributed by atoms with Crippen molar-refractivity contribution >= 4 is 0 Å². The lowest BCUT2D eigenvalue weighted by Crippen LogP contribution is -1.98. The minimum absolute atomic E-state index is 0.754. The summed E-state index contributed by atoms with van der Waals surface area (Å²) in [4.78, 5) is 0. The Morgan fingerprint density at radius 2 is 2.00 bits per heavy atom. The van der Waals surface area contributed by atoms with Crippen molar-refractivity contribution in [3.63, 3.8) is 0 Å². The Balaban J connectivity index is 0.000000791. The van der Waals surface area contributed by atoms with Gasteiger partial charge >= 0.3 is 0 Å². The number of rotatable bonds is 4. The summed E-state index contributed by atoms with van der Waals surface area (Å²) in [6.07, 6.45) is 4.01. The molecule has 1 heterocycles. The number of ether oxygens (including phenoxy) is 1. The smallest absolute Gasteiger partial charge is 0.235 e. The van der Waals surface area contributed by atoms with E-state index in [1.165, 1.54) is 5.56 Å².